The van der Waals surface area contributed by atoms with Crippen molar-refractivity contribution in [2.24, 2.45) is 0 Å². The largest absolute Gasteiger partial charge is 0.299 e. The highest BCUT2D eigenvalue weighted by Crippen LogP contribution is 2.24. The molecule has 0 aliphatic carbocycles. The van der Waals surface area contributed by atoms with E-state index in [2.05, 4.69) is 42.5 Å². The highest BCUT2D eigenvalue weighted by molar-refractivity contribution is 6.28. The molecule has 15 heavy (non-hydrogen) atoms. The molecule has 1 atom stereocenters. The SMILES string of the molecule is CCCCC(C)n1c(Cl)nnc1C(C)C. The smallest absolute Gasteiger partial charge is 0.225 e. The lowest BCUT2D eigenvalue weighted by molar-refractivity contribution is 0.462. The Bertz CT molecular complexity index is 307. The second-order valence-electron chi connectivity index (χ2n) is 4.34. The van der Waals surface area contributed by atoms with Crippen LogP contribution in [0.1, 0.15) is 64.7 Å². The van der Waals surface area contributed by atoms with Gasteiger partial charge in [-0.1, -0.05) is 33.6 Å². The van der Waals surface area contributed by atoms with Gasteiger partial charge in [0, 0.05) is 12.0 Å². The summed E-state index contributed by atoms with van der Waals surface area (Å²) in [6.07, 6.45) is 3.56. The average Bonchev–Trinajstić information content (AvgIpc) is 2.56. The average molecular weight is 230 g/mol. The van der Waals surface area contributed by atoms with Crippen molar-refractivity contribution >= 4 is 11.6 Å². The van der Waals surface area contributed by atoms with Gasteiger partial charge in [-0.3, -0.25) is 4.57 Å². The first kappa shape index (κ1) is 12.5. The van der Waals surface area contributed by atoms with Crippen LogP contribution in [-0.4, -0.2) is 14.8 Å². The Labute approximate surface area is 96.8 Å². The van der Waals surface area contributed by atoms with E-state index < -0.39 is 0 Å². The van der Waals surface area contributed by atoms with Crippen LogP contribution in [0.4, 0.5) is 0 Å². The van der Waals surface area contributed by atoms with Crippen molar-refractivity contribution in [3.8, 4) is 0 Å². The fraction of sp³-hybridized carbons (Fsp3) is 0.818. The van der Waals surface area contributed by atoms with Crippen molar-refractivity contribution in [2.45, 2.75) is 58.9 Å². The van der Waals surface area contributed by atoms with Crippen LogP contribution in [0.2, 0.25) is 5.28 Å². The molecule has 0 spiro atoms. The van der Waals surface area contributed by atoms with E-state index in [-0.39, 0.29) is 0 Å². The van der Waals surface area contributed by atoms with Crippen LogP contribution in [0.25, 0.3) is 0 Å². The van der Waals surface area contributed by atoms with E-state index in [0.29, 0.717) is 17.2 Å². The van der Waals surface area contributed by atoms with Gasteiger partial charge < -0.3 is 0 Å². The van der Waals surface area contributed by atoms with Crippen LogP contribution in [0.5, 0.6) is 0 Å². The van der Waals surface area contributed by atoms with Crippen LogP contribution in [0.15, 0.2) is 0 Å². The Morgan fingerprint density at radius 1 is 1.27 bits per heavy atom. The number of halogens is 1. The van der Waals surface area contributed by atoms with Crippen molar-refractivity contribution in [1.29, 1.82) is 0 Å². The molecule has 0 aliphatic rings. The van der Waals surface area contributed by atoms with Gasteiger partial charge in [-0.25, -0.2) is 0 Å². The lowest BCUT2D eigenvalue weighted by Crippen LogP contribution is -2.10. The highest BCUT2D eigenvalue weighted by atomic mass is 35.5. The molecule has 1 aromatic rings. The summed E-state index contributed by atoms with van der Waals surface area (Å²) in [4.78, 5) is 0. The molecular formula is C11H20ClN3. The Hall–Kier alpha value is -0.570. The highest BCUT2D eigenvalue weighted by Gasteiger charge is 2.17. The molecule has 0 N–H and O–H groups in total. The quantitative estimate of drug-likeness (QED) is 0.769. The van der Waals surface area contributed by atoms with Crippen LogP contribution in [0.3, 0.4) is 0 Å². The standard InChI is InChI=1S/C11H20ClN3/c1-5-6-7-9(4)15-10(8(2)3)13-14-11(15)12/h8-9H,5-7H2,1-4H3. The number of rotatable bonds is 5. The molecule has 1 unspecified atom stereocenters. The topological polar surface area (TPSA) is 30.7 Å². The van der Waals surface area contributed by atoms with E-state index in [4.69, 9.17) is 11.6 Å². The summed E-state index contributed by atoms with van der Waals surface area (Å²) >= 11 is 6.05. The third-order valence-corrected chi connectivity index (χ3v) is 2.87. The summed E-state index contributed by atoms with van der Waals surface area (Å²) in [6, 6.07) is 0.393. The molecule has 0 saturated carbocycles. The number of hydrogen-bond donors (Lipinski definition) is 0. The van der Waals surface area contributed by atoms with E-state index in [1.54, 1.807) is 0 Å². The van der Waals surface area contributed by atoms with Crippen LogP contribution >= 0.6 is 11.6 Å². The lowest BCUT2D eigenvalue weighted by Gasteiger charge is -2.17. The van der Waals surface area contributed by atoms with Gasteiger partial charge in [0.1, 0.15) is 5.82 Å². The maximum Gasteiger partial charge on any atom is 0.225 e. The Kier molecular flexibility index (Phi) is 4.58. The van der Waals surface area contributed by atoms with Crippen molar-refractivity contribution in [3.63, 3.8) is 0 Å². The summed E-state index contributed by atoms with van der Waals surface area (Å²) in [6.45, 7) is 8.60. The van der Waals surface area contributed by atoms with Gasteiger partial charge in [-0.15, -0.1) is 10.2 Å². The van der Waals surface area contributed by atoms with Crippen LogP contribution in [0, 0.1) is 0 Å². The van der Waals surface area contributed by atoms with Crippen LogP contribution < -0.4 is 0 Å². The molecule has 86 valence electrons. The van der Waals surface area contributed by atoms with Gasteiger partial charge in [0.2, 0.25) is 5.28 Å². The van der Waals surface area contributed by atoms with Gasteiger partial charge in [-0.2, -0.15) is 0 Å². The maximum absolute atomic E-state index is 6.05. The summed E-state index contributed by atoms with van der Waals surface area (Å²) in [5.74, 6) is 1.36. The predicted molar refractivity (Wildman–Crippen MR) is 63.4 cm³/mol. The third-order valence-electron chi connectivity index (χ3n) is 2.61. The van der Waals surface area contributed by atoms with Crippen molar-refractivity contribution in [1.82, 2.24) is 14.8 Å². The van der Waals surface area contributed by atoms with E-state index >= 15 is 0 Å². The third kappa shape index (κ3) is 2.94. The first-order chi connectivity index (χ1) is 7.07. The van der Waals surface area contributed by atoms with Gasteiger partial charge in [-0.05, 0) is 24.9 Å². The fourth-order valence-electron chi connectivity index (χ4n) is 1.71. The molecule has 1 rings (SSSR count). The minimum Gasteiger partial charge on any atom is -0.299 e. The van der Waals surface area contributed by atoms with Gasteiger partial charge in [0.05, 0.1) is 0 Å². The molecule has 0 aliphatic heterocycles. The van der Waals surface area contributed by atoms with E-state index in [9.17, 15) is 0 Å². The molecule has 1 heterocycles. The first-order valence-corrected chi connectivity index (χ1v) is 6.06. The zero-order valence-electron chi connectivity index (χ0n) is 10.00. The molecule has 3 nitrogen and oxygen atoms in total. The number of aromatic nitrogens is 3. The Morgan fingerprint density at radius 3 is 2.47 bits per heavy atom. The van der Waals surface area contributed by atoms with E-state index in [0.717, 1.165) is 12.2 Å². The molecule has 0 fully saturated rings. The maximum atomic E-state index is 6.05. The second kappa shape index (κ2) is 5.50. The van der Waals surface area contributed by atoms with Crippen LogP contribution in [-0.2, 0) is 0 Å². The minimum absolute atomic E-state index is 0.370. The summed E-state index contributed by atoms with van der Waals surface area (Å²) in [5, 5.41) is 8.59. The van der Waals surface area contributed by atoms with E-state index in [1.165, 1.54) is 12.8 Å². The summed E-state index contributed by atoms with van der Waals surface area (Å²) in [5.41, 5.74) is 0. The number of nitrogens with zero attached hydrogens (tertiary/aromatic N) is 3. The normalized spacial score (nSPS) is 13.5. The Balaban J connectivity index is 2.85. The van der Waals surface area contributed by atoms with Gasteiger partial charge in [0.15, 0.2) is 0 Å². The molecule has 0 radical (unpaired) electrons. The molecule has 1 aromatic heterocycles. The second-order valence-corrected chi connectivity index (χ2v) is 4.68. The Morgan fingerprint density at radius 2 is 1.93 bits per heavy atom. The van der Waals surface area contributed by atoms with Gasteiger partial charge >= 0.3 is 0 Å². The zero-order valence-corrected chi connectivity index (χ0v) is 10.8. The van der Waals surface area contributed by atoms with Crippen molar-refractivity contribution in [3.05, 3.63) is 11.1 Å². The number of hydrogen-bond acceptors (Lipinski definition) is 2. The van der Waals surface area contributed by atoms with E-state index in [1.807, 2.05) is 0 Å². The van der Waals surface area contributed by atoms with Gasteiger partial charge in [0.25, 0.3) is 0 Å². The molecule has 0 aromatic carbocycles. The molecule has 0 bridgehead atoms. The molecular weight excluding hydrogens is 210 g/mol. The summed E-state index contributed by atoms with van der Waals surface area (Å²) < 4.78 is 2.06. The monoisotopic (exact) mass is 229 g/mol. The minimum atomic E-state index is 0.370. The molecule has 4 heteroatoms. The molecule has 0 amide bonds. The van der Waals surface area contributed by atoms with Crippen molar-refractivity contribution < 1.29 is 0 Å². The first-order valence-electron chi connectivity index (χ1n) is 5.68. The zero-order chi connectivity index (χ0) is 11.4. The summed E-state index contributed by atoms with van der Waals surface area (Å²) in [7, 11) is 0. The number of unbranched alkanes of at least 4 members (excludes halogenated alkanes) is 1. The molecule has 0 saturated heterocycles. The lowest BCUT2D eigenvalue weighted by atomic mass is 10.1. The fourth-order valence-corrected chi connectivity index (χ4v) is 2.00. The predicted octanol–water partition coefficient (Wildman–Crippen LogP) is 3.81. The van der Waals surface area contributed by atoms with Crippen molar-refractivity contribution in [2.75, 3.05) is 0 Å².